The zero-order valence-electron chi connectivity index (χ0n) is 16.5. The summed E-state index contributed by atoms with van der Waals surface area (Å²) in [4.78, 5) is 30.2. The third kappa shape index (κ3) is 3.34. The number of halogens is 1. The van der Waals surface area contributed by atoms with Crippen LogP contribution in [-0.4, -0.2) is 40.1 Å². The minimum absolute atomic E-state index is 0.0300. The summed E-state index contributed by atoms with van der Waals surface area (Å²) in [6.45, 7) is 3.73. The van der Waals surface area contributed by atoms with Gasteiger partial charge in [-0.05, 0) is 43.5 Å². The Hall–Kier alpha value is -3.55. The van der Waals surface area contributed by atoms with Crippen LogP contribution < -0.4 is 15.1 Å². The van der Waals surface area contributed by atoms with Crippen LogP contribution >= 0.6 is 0 Å². The molecule has 0 aliphatic carbocycles. The molecule has 0 radical (unpaired) electrons. The van der Waals surface area contributed by atoms with E-state index in [1.807, 2.05) is 25.1 Å². The van der Waals surface area contributed by atoms with Crippen molar-refractivity contribution in [1.82, 2.24) is 15.0 Å². The number of anilines is 3. The number of fused-ring (bicyclic) bond motifs is 2. The number of amides is 2. The van der Waals surface area contributed by atoms with Gasteiger partial charge in [-0.3, -0.25) is 14.9 Å². The van der Waals surface area contributed by atoms with Crippen molar-refractivity contribution in [3.63, 3.8) is 0 Å². The van der Waals surface area contributed by atoms with E-state index in [9.17, 15) is 9.18 Å². The Morgan fingerprint density at radius 1 is 1.10 bits per heavy atom. The molecule has 0 spiro atoms. The number of nitrogens with zero attached hydrogens (tertiary/aromatic N) is 5. The first-order valence-corrected chi connectivity index (χ1v) is 9.97. The topological polar surface area (TPSA) is 74.2 Å². The van der Waals surface area contributed by atoms with Crippen molar-refractivity contribution < 1.29 is 9.18 Å². The van der Waals surface area contributed by atoms with Crippen molar-refractivity contribution in [2.24, 2.45) is 0 Å². The van der Waals surface area contributed by atoms with Crippen LogP contribution in [0.1, 0.15) is 18.4 Å². The SMILES string of the molecule is Cc1cncc(-c2ccc3c(n2)N(C(=O)Nc2cncc(F)c2)C2CCN3CC2)c1. The lowest BCUT2D eigenvalue weighted by atomic mass is 10.1. The van der Waals surface area contributed by atoms with Crippen LogP contribution in [-0.2, 0) is 0 Å². The highest BCUT2D eigenvalue weighted by atomic mass is 19.1. The smallest absolute Gasteiger partial charge is 0.327 e. The highest BCUT2D eigenvalue weighted by Gasteiger charge is 2.37. The van der Waals surface area contributed by atoms with Crippen molar-refractivity contribution in [2.75, 3.05) is 28.2 Å². The lowest BCUT2D eigenvalue weighted by Gasteiger charge is -2.31. The number of piperidine rings is 1. The van der Waals surface area contributed by atoms with E-state index >= 15 is 0 Å². The summed E-state index contributed by atoms with van der Waals surface area (Å²) in [5.41, 5.74) is 3.96. The van der Waals surface area contributed by atoms with Gasteiger partial charge in [-0.2, -0.15) is 0 Å². The molecule has 6 heterocycles. The van der Waals surface area contributed by atoms with Crippen molar-refractivity contribution in [2.45, 2.75) is 25.8 Å². The molecule has 2 amide bonds. The normalized spacial score (nSPS) is 15.7. The molecular weight excluding hydrogens is 383 g/mol. The summed E-state index contributed by atoms with van der Waals surface area (Å²) < 4.78 is 13.5. The number of rotatable bonds is 2. The van der Waals surface area contributed by atoms with Gasteiger partial charge in [0.05, 0.1) is 29.5 Å². The summed E-state index contributed by atoms with van der Waals surface area (Å²) in [7, 11) is 0. The second-order valence-electron chi connectivity index (χ2n) is 7.70. The number of pyridine rings is 3. The minimum Gasteiger partial charge on any atom is -0.368 e. The predicted octanol–water partition coefficient (Wildman–Crippen LogP) is 4.01. The molecule has 6 rings (SSSR count). The number of carbonyl (C=O) groups excluding carboxylic acids is 1. The molecule has 3 aromatic heterocycles. The van der Waals surface area contributed by atoms with Gasteiger partial charge in [0, 0.05) is 43.2 Å². The molecule has 0 unspecified atom stereocenters. The average Bonchev–Trinajstić information content (AvgIpc) is 2.99. The summed E-state index contributed by atoms with van der Waals surface area (Å²) in [6.07, 6.45) is 7.82. The summed E-state index contributed by atoms with van der Waals surface area (Å²) in [6, 6.07) is 6.98. The quantitative estimate of drug-likeness (QED) is 0.699. The number of aryl methyl sites for hydroxylation is 1. The van der Waals surface area contributed by atoms with Gasteiger partial charge in [-0.1, -0.05) is 0 Å². The molecule has 1 N–H and O–H groups in total. The standard InChI is InChI=1S/C22H21FN6O/c1-14-8-15(11-24-10-14)19-2-3-20-21(27-19)29(18-4-6-28(20)7-5-18)22(30)26-17-9-16(23)12-25-13-17/h2-3,8-13,18H,4-7H2,1H3,(H,26,30). The van der Waals surface area contributed by atoms with Crippen LogP contribution in [0.2, 0.25) is 0 Å². The number of carbonyl (C=O) groups is 1. The first kappa shape index (κ1) is 18.5. The van der Waals surface area contributed by atoms with E-state index in [1.165, 1.54) is 12.3 Å². The maximum absolute atomic E-state index is 13.5. The predicted molar refractivity (Wildman–Crippen MR) is 113 cm³/mol. The van der Waals surface area contributed by atoms with Crippen molar-refractivity contribution in [1.29, 1.82) is 0 Å². The van der Waals surface area contributed by atoms with Gasteiger partial charge in [0.15, 0.2) is 5.82 Å². The maximum Gasteiger partial charge on any atom is 0.327 e. The molecule has 0 atom stereocenters. The number of urea groups is 1. The molecule has 7 nitrogen and oxygen atoms in total. The van der Waals surface area contributed by atoms with E-state index in [0.717, 1.165) is 54.6 Å². The lowest BCUT2D eigenvalue weighted by molar-refractivity contribution is 0.253. The van der Waals surface area contributed by atoms with E-state index in [0.29, 0.717) is 11.5 Å². The number of hydrogen-bond acceptors (Lipinski definition) is 5. The Bertz CT molecular complexity index is 1110. The second kappa shape index (κ2) is 7.37. The van der Waals surface area contributed by atoms with Crippen LogP contribution in [0, 0.1) is 12.7 Å². The molecule has 8 heteroatoms. The minimum atomic E-state index is -0.497. The third-order valence-corrected chi connectivity index (χ3v) is 5.60. The van der Waals surface area contributed by atoms with E-state index in [1.54, 1.807) is 17.3 Å². The maximum atomic E-state index is 13.5. The first-order valence-electron chi connectivity index (χ1n) is 9.97. The fraction of sp³-hybridized carbons (Fsp3) is 0.273. The zero-order chi connectivity index (χ0) is 20.7. The molecule has 3 aromatic rings. The number of hydrogen-bond donors (Lipinski definition) is 1. The molecule has 1 fully saturated rings. The van der Waals surface area contributed by atoms with Crippen molar-refractivity contribution >= 4 is 23.2 Å². The van der Waals surface area contributed by atoms with Gasteiger partial charge in [0.1, 0.15) is 5.82 Å². The highest BCUT2D eigenvalue weighted by Crippen LogP contribution is 2.39. The van der Waals surface area contributed by atoms with E-state index in [-0.39, 0.29) is 12.1 Å². The fourth-order valence-corrected chi connectivity index (χ4v) is 4.18. The number of nitrogens with one attached hydrogen (secondary N) is 1. The van der Waals surface area contributed by atoms with Crippen LogP contribution in [0.5, 0.6) is 0 Å². The van der Waals surface area contributed by atoms with Crippen LogP contribution in [0.4, 0.5) is 26.4 Å². The Balaban J connectivity index is 1.56. The molecule has 2 bridgehead atoms. The van der Waals surface area contributed by atoms with Crippen LogP contribution in [0.15, 0.2) is 49.1 Å². The van der Waals surface area contributed by atoms with E-state index in [2.05, 4.69) is 20.2 Å². The fourth-order valence-electron chi connectivity index (χ4n) is 4.18. The molecule has 30 heavy (non-hydrogen) atoms. The molecule has 0 aromatic carbocycles. The van der Waals surface area contributed by atoms with Gasteiger partial charge in [-0.15, -0.1) is 0 Å². The summed E-state index contributed by atoms with van der Waals surface area (Å²) in [5, 5.41) is 2.79. The van der Waals surface area contributed by atoms with Gasteiger partial charge in [0.25, 0.3) is 0 Å². The van der Waals surface area contributed by atoms with Crippen LogP contribution in [0.3, 0.4) is 0 Å². The van der Waals surface area contributed by atoms with Gasteiger partial charge in [-0.25, -0.2) is 14.2 Å². The van der Waals surface area contributed by atoms with E-state index < -0.39 is 5.82 Å². The molecule has 3 aliphatic heterocycles. The first-order chi connectivity index (χ1) is 14.6. The van der Waals surface area contributed by atoms with Gasteiger partial charge in [0.2, 0.25) is 0 Å². The van der Waals surface area contributed by atoms with Crippen molar-refractivity contribution in [3.05, 3.63) is 60.4 Å². The molecule has 0 saturated carbocycles. The van der Waals surface area contributed by atoms with E-state index in [4.69, 9.17) is 4.98 Å². The van der Waals surface area contributed by atoms with Gasteiger partial charge >= 0.3 is 6.03 Å². The summed E-state index contributed by atoms with van der Waals surface area (Å²) in [5.74, 6) is 0.124. The lowest BCUT2D eigenvalue weighted by Crippen LogP contribution is -2.46. The Kier molecular flexibility index (Phi) is 4.54. The monoisotopic (exact) mass is 404 g/mol. The average molecular weight is 404 g/mol. The number of aromatic nitrogens is 3. The Labute approximate surface area is 173 Å². The molecule has 3 aliphatic rings. The van der Waals surface area contributed by atoms with Gasteiger partial charge < -0.3 is 10.2 Å². The molecular formula is C22H21FN6O. The summed E-state index contributed by atoms with van der Waals surface area (Å²) >= 11 is 0. The zero-order valence-corrected chi connectivity index (χ0v) is 16.5. The molecule has 152 valence electrons. The van der Waals surface area contributed by atoms with Crippen LogP contribution in [0.25, 0.3) is 11.3 Å². The Morgan fingerprint density at radius 3 is 2.67 bits per heavy atom. The van der Waals surface area contributed by atoms with Crippen molar-refractivity contribution in [3.8, 4) is 11.3 Å². The second-order valence-corrected chi connectivity index (χ2v) is 7.70. The molecule has 1 saturated heterocycles. The third-order valence-electron chi connectivity index (χ3n) is 5.60. The Morgan fingerprint density at radius 2 is 1.90 bits per heavy atom. The largest absolute Gasteiger partial charge is 0.368 e. The highest BCUT2D eigenvalue weighted by molar-refractivity contribution is 6.04.